The lowest BCUT2D eigenvalue weighted by Gasteiger charge is -2.15. The molecule has 118 valence electrons. The predicted octanol–water partition coefficient (Wildman–Crippen LogP) is 2.17. The number of rotatable bonds is 5. The summed E-state index contributed by atoms with van der Waals surface area (Å²) < 4.78 is 1.55. The van der Waals surface area contributed by atoms with Crippen molar-refractivity contribution >= 4 is 17.3 Å². The highest BCUT2D eigenvalue weighted by molar-refractivity contribution is 5.88. The summed E-state index contributed by atoms with van der Waals surface area (Å²) in [6, 6.07) is 5.56. The first kappa shape index (κ1) is 15.0. The number of carbonyl (C=O) groups is 1. The molecular weight excluding hydrogens is 294 g/mol. The van der Waals surface area contributed by atoms with Crippen LogP contribution in [0.15, 0.2) is 36.8 Å². The molecule has 0 amide bonds. The number of aryl methyl sites for hydroxylation is 1. The zero-order valence-corrected chi connectivity index (χ0v) is 12.9. The standard InChI is InChI=1S/C16H17N5O2/c1-10(6-12-4-3-5-17-8-12)18-15-14-7-13(16(22)23)20-21(14)9-11(2)19-15/h3-5,7-10H,6H2,1-2H3,(H,18,19)(H,22,23). The Kier molecular flexibility index (Phi) is 3.92. The molecule has 7 heteroatoms. The summed E-state index contributed by atoms with van der Waals surface area (Å²) in [6.07, 6.45) is 6.07. The number of aromatic nitrogens is 4. The van der Waals surface area contributed by atoms with Crippen LogP contribution >= 0.6 is 0 Å². The van der Waals surface area contributed by atoms with Crippen LogP contribution in [0.4, 0.5) is 5.82 Å². The van der Waals surface area contributed by atoms with Gasteiger partial charge in [-0.05, 0) is 31.9 Å². The summed E-state index contributed by atoms with van der Waals surface area (Å²) in [6.45, 7) is 3.89. The topological polar surface area (TPSA) is 92.4 Å². The molecule has 3 aromatic rings. The number of anilines is 1. The fourth-order valence-corrected chi connectivity index (χ4v) is 2.48. The Morgan fingerprint density at radius 3 is 3.00 bits per heavy atom. The molecule has 0 radical (unpaired) electrons. The summed E-state index contributed by atoms with van der Waals surface area (Å²) in [7, 11) is 0. The molecular formula is C16H17N5O2. The molecule has 3 rings (SSSR count). The van der Waals surface area contributed by atoms with Crippen LogP contribution in [0.25, 0.3) is 5.52 Å². The molecule has 0 spiro atoms. The molecule has 0 aliphatic heterocycles. The number of hydrogen-bond donors (Lipinski definition) is 2. The van der Waals surface area contributed by atoms with E-state index < -0.39 is 5.97 Å². The number of carboxylic acids is 1. The molecule has 1 unspecified atom stereocenters. The highest BCUT2D eigenvalue weighted by Gasteiger charge is 2.14. The van der Waals surface area contributed by atoms with E-state index in [0.717, 1.165) is 17.7 Å². The van der Waals surface area contributed by atoms with Crippen LogP contribution in [0.2, 0.25) is 0 Å². The minimum atomic E-state index is -1.05. The zero-order chi connectivity index (χ0) is 16.4. The molecule has 7 nitrogen and oxygen atoms in total. The second-order valence-corrected chi connectivity index (χ2v) is 5.51. The van der Waals surface area contributed by atoms with Crippen LogP contribution in [-0.2, 0) is 6.42 Å². The number of pyridine rings is 1. The fourth-order valence-electron chi connectivity index (χ4n) is 2.48. The molecule has 0 aliphatic rings. The molecule has 3 aromatic heterocycles. The van der Waals surface area contributed by atoms with E-state index in [1.165, 1.54) is 6.07 Å². The van der Waals surface area contributed by atoms with Crippen molar-refractivity contribution in [1.82, 2.24) is 19.6 Å². The van der Waals surface area contributed by atoms with Gasteiger partial charge in [-0.15, -0.1) is 0 Å². The fraction of sp³-hybridized carbons (Fsp3) is 0.250. The van der Waals surface area contributed by atoms with Gasteiger partial charge in [0.05, 0.1) is 11.9 Å². The summed E-state index contributed by atoms with van der Waals surface area (Å²) in [4.78, 5) is 19.7. The Morgan fingerprint density at radius 1 is 1.48 bits per heavy atom. The molecule has 0 aliphatic carbocycles. The minimum Gasteiger partial charge on any atom is -0.476 e. The van der Waals surface area contributed by atoms with Gasteiger partial charge in [0.2, 0.25) is 0 Å². The first-order chi connectivity index (χ1) is 11.0. The van der Waals surface area contributed by atoms with Crippen molar-refractivity contribution in [3.8, 4) is 0 Å². The Balaban J connectivity index is 1.88. The lowest BCUT2D eigenvalue weighted by Crippen LogP contribution is -2.19. The quantitative estimate of drug-likeness (QED) is 0.750. The van der Waals surface area contributed by atoms with Crippen molar-refractivity contribution in [3.05, 3.63) is 53.7 Å². The van der Waals surface area contributed by atoms with Crippen LogP contribution < -0.4 is 5.32 Å². The van der Waals surface area contributed by atoms with Gasteiger partial charge in [0.25, 0.3) is 0 Å². The lowest BCUT2D eigenvalue weighted by molar-refractivity contribution is 0.0690. The number of nitrogens with zero attached hydrogens (tertiary/aromatic N) is 4. The van der Waals surface area contributed by atoms with Crippen LogP contribution in [0, 0.1) is 6.92 Å². The third-order valence-electron chi connectivity index (χ3n) is 3.44. The van der Waals surface area contributed by atoms with Crippen molar-refractivity contribution in [2.45, 2.75) is 26.3 Å². The molecule has 0 bridgehead atoms. The van der Waals surface area contributed by atoms with Gasteiger partial charge in [0.1, 0.15) is 5.52 Å². The van der Waals surface area contributed by atoms with Gasteiger partial charge in [-0.2, -0.15) is 5.10 Å². The second-order valence-electron chi connectivity index (χ2n) is 5.51. The van der Waals surface area contributed by atoms with Gasteiger partial charge in [-0.3, -0.25) is 4.98 Å². The minimum absolute atomic E-state index is 0.000336. The highest BCUT2D eigenvalue weighted by Crippen LogP contribution is 2.18. The maximum Gasteiger partial charge on any atom is 0.356 e. The van der Waals surface area contributed by atoms with Gasteiger partial charge < -0.3 is 10.4 Å². The average Bonchev–Trinajstić information content (AvgIpc) is 2.92. The largest absolute Gasteiger partial charge is 0.476 e. The average molecular weight is 311 g/mol. The van der Waals surface area contributed by atoms with Crippen molar-refractivity contribution in [2.75, 3.05) is 5.32 Å². The first-order valence-corrected chi connectivity index (χ1v) is 7.28. The predicted molar refractivity (Wildman–Crippen MR) is 85.7 cm³/mol. The van der Waals surface area contributed by atoms with E-state index in [9.17, 15) is 4.79 Å². The van der Waals surface area contributed by atoms with Crippen molar-refractivity contribution in [3.63, 3.8) is 0 Å². The number of aromatic carboxylic acids is 1. The Hall–Kier alpha value is -2.96. The van der Waals surface area contributed by atoms with Crippen LogP contribution in [0.5, 0.6) is 0 Å². The number of hydrogen-bond acceptors (Lipinski definition) is 5. The van der Waals surface area contributed by atoms with E-state index in [1.54, 1.807) is 16.9 Å². The van der Waals surface area contributed by atoms with E-state index in [-0.39, 0.29) is 11.7 Å². The Labute approximate surface area is 133 Å². The van der Waals surface area contributed by atoms with Crippen molar-refractivity contribution in [2.24, 2.45) is 0 Å². The Bertz CT molecular complexity index is 844. The zero-order valence-electron chi connectivity index (χ0n) is 12.9. The molecule has 0 saturated heterocycles. The molecule has 3 heterocycles. The van der Waals surface area contributed by atoms with E-state index >= 15 is 0 Å². The molecule has 0 saturated carbocycles. The number of fused-ring (bicyclic) bond motifs is 1. The van der Waals surface area contributed by atoms with Gasteiger partial charge in [0.15, 0.2) is 11.5 Å². The Morgan fingerprint density at radius 2 is 2.30 bits per heavy atom. The molecule has 1 atom stereocenters. The van der Waals surface area contributed by atoms with E-state index in [4.69, 9.17) is 5.11 Å². The lowest BCUT2D eigenvalue weighted by atomic mass is 10.1. The molecule has 0 aromatic carbocycles. The third kappa shape index (κ3) is 3.28. The molecule has 0 fully saturated rings. The second kappa shape index (κ2) is 6.04. The normalized spacial score (nSPS) is 12.3. The smallest absolute Gasteiger partial charge is 0.356 e. The molecule has 23 heavy (non-hydrogen) atoms. The van der Waals surface area contributed by atoms with Crippen molar-refractivity contribution in [1.29, 1.82) is 0 Å². The van der Waals surface area contributed by atoms with E-state index in [2.05, 4.69) is 20.4 Å². The summed E-state index contributed by atoms with van der Waals surface area (Å²) >= 11 is 0. The van der Waals surface area contributed by atoms with Crippen LogP contribution in [-0.4, -0.2) is 36.7 Å². The van der Waals surface area contributed by atoms with Gasteiger partial charge >= 0.3 is 5.97 Å². The summed E-state index contributed by atoms with van der Waals surface area (Å²) in [5, 5.41) is 16.5. The highest BCUT2D eigenvalue weighted by atomic mass is 16.4. The monoisotopic (exact) mass is 311 g/mol. The van der Waals surface area contributed by atoms with Gasteiger partial charge in [0, 0.05) is 24.5 Å². The molecule has 2 N–H and O–H groups in total. The maximum absolute atomic E-state index is 11.1. The first-order valence-electron chi connectivity index (χ1n) is 7.28. The van der Waals surface area contributed by atoms with Gasteiger partial charge in [-0.1, -0.05) is 6.07 Å². The van der Waals surface area contributed by atoms with Crippen LogP contribution in [0.3, 0.4) is 0 Å². The number of nitrogens with one attached hydrogen (secondary N) is 1. The van der Waals surface area contributed by atoms with Crippen LogP contribution in [0.1, 0.15) is 28.7 Å². The number of carboxylic acid groups (broad SMARTS) is 1. The maximum atomic E-state index is 11.1. The van der Waals surface area contributed by atoms with E-state index in [0.29, 0.717) is 11.3 Å². The van der Waals surface area contributed by atoms with Crippen molar-refractivity contribution < 1.29 is 9.90 Å². The third-order valence-corrected chi connectivity index (χ3v) is 3.44. The summed E-state index contributed by atoms with van der Waals surface area (Å²) in [5.74, 6) is -0.429. The van der Waals surface area contributed by atoms with E-state index in [1.807, 2.05) is 32.2 Å². The summed E-state index contributed by atoms with van der Waals surface area (Å²) in [5.41, 5.74) is 2.52. The SMILES string of the molecule is Cc1cn2nc(C(=O)O)cc2c(NC(C)Cc2cccnc2)n1. The van der Waals surface area contributed by atoms with Gasteiger partial charge in [-0.25, -0.2) is 14.3 Å².